The summed E-state index contributed by atoms with van der Waals surface area (Å²) in [6.45, 7) is 2.91. The molecule has 0 saturated carbocycles. The van der Waals surface area contributed by atoms with Gasteiger partial charge < -0.3 is 29.2 Å². The first-order chi connectivity index (χ1) is 23.9. The summed E-state index contributed by atoms with van der Waals surface area (Å²) in [4.78, 5) is 29.9. The highest BCUT2D eigenvalue weighted by atomic mass is 35.5. The van der Waals surface area contributed by atoms with Crippen molar-refractivity contribution >= 4 is 39.1 Å². The second-order valence-corrected chi connectivity index (χ2v) is 13.9. The number of methoxy groups -OCH3 is 4. The van der Waals surface area contributed by atoms with Gasteiger partial charge in [0.1, 0.15) is 24.1 Å². The second kappa shape index (κ2) is 17.1. The molecule has 0 radical (unpaired) electrons. The van der Waals surface area contributed by atoms with Crippen LogP contribution in [0.15, 0.2) is 95.9 Å². The highest BCUT2D eigenvalue weighted by molar-refractivity contribution is 7.92. The maximum atomic E-state index is 14.8. The standard InChI is InChI=1S/C37H42ClN3O8S/c1-25(2)39-37(43)32(20-26-11-8-7-9-12-26)40(23-27-13-10-14-29(19-27)46-3)36(42)24-41(31-21-28(38)15-17-33(31)47-4)50(44,45)30-16-18-34(48-5)35(22-30)49-6/h7-19,21-22,25,32H,20,23-24H2,1-6H3,(H,39,43)/t32-/m0/s1. The molecule has 0 heterocycles. The quantitative estimate of drug-likeness (QED) is 0.156. The van der Waals surface area contributed by atoms with Gasteiger partial charge in [-0.1, -0.05) is 54.1 Å². The molecule has 4 rings (SSSR count). The molecular weight excluding hydrogens is 682 g/mol. The normalized spacial score (nSPS) is 11.8. The summed E-state index contributed by atoms with van der Waals surface area (Å²) < 4.78 is 51.8. The summed E-state index contributed by atoms with van der Waals surface area (Å²) in [5, 5.41) is 3.16. The van der Waals surface area contributed by atoms with Crippen LogP contribution in [0, 0.1) is 0 Å². The third-order valence-corrected chi connectivity index (χ3v) is 9.81. The number of amides is 2. The molecule has 1 N–H and O–H groups in total. The summed E-state index contributed by atoms with van der Waals surface area (Å²) in [6, 6.07) is 23.8. The summed E-state index contributed by atoms with van der Waals surface area (Å²) >= 11 is 6.39. The zero-order valence-electron chi connectivity index (χ0n) is 28.9. The Kier molecular flexibility index (Phi) is 13.0. The Labute approximate surface area is 298 Å². The van der Waals surface area contributed by atoms with E-state index in [1.807, 2.05) is 44.2 Å². The molecule has 0 unspecified atom stereocenters. The Morgan fingerprint density at radius 3 is 2.06 bits per heavy atom. The molecule has 4 aromatic carbocycles. The van der Waals surface area contributed by atoms with Gasteiger partial charge in [-0.2, -0.15) is 0 Å². The number of ether oxygens (including phenoxy) is 4. The van der Waals surface area contributed by atoms with E-state index >= 15 is 0 Å². The summed E-state index contributed by atoms with van der Waals surface area (Å²) in [5.74, 6) is 0.157. The van der Waals surface area contributed by atoms with E-state index in [9.17, 15) is 18.0 Å². The lowest BCUT2D eigenvalue weighted by atomic mass is 10.0. The topological polar surface area (TPSA) is 124 Å². The molecule has 0 aliphatic carbocycles. The Balaban J connectivity index is 1.89. The SMILES string of the molecule is COc1cccc(CN(C(=O)CN(c2cc(Cl)ccc2OC)S(=O)(=O)c2ccc(OC)c(OC)c2)[C@@H](Cc2ccccc2)C(=O)NC(C)C)c1. The van der Waals surface area contributed by atoms with Gasteiger partial charge in [0.25, 0.3) is 10.0 Å². The Morgan fingerprint density at radius 2 is 1.42 bits per heavy atom. The van der Waals surface area contributed by atoms with Crippen LogP contribution < -0.4 is 28.6 Å². The number of carbonyl (C=O) groups excluding carboxylic acids is 2. The van der Waals surface area contributed by atoms with Gasteiger partial charge in [0, 0.05) is 30.1 Å². The largest absolute Gasteiger partial charge is 0.497 e. The molecule has 0 aliphatic rings. The second-order valence-electron chi connectivity index (χ2n) is 11.6. The van der Waals surface area contributed by atoms with E-state index in [-0.39, 0.29) is 46.1 Å². The molecule has 0 fully saturated rings. The number of hydrogen-bond acceptors (Lipinski definition) is 8. The molecule has 0 saturated heterocycles. The third kappa shape index (κ3) is 9.19. The number of sulfonamides is 1. The van der Waals surface area contributed by atoms with Crippen molar-refractivity contribution in [2.24, 2.45) is 0 Å². The molecule has 11 nitrogen and oxygen atoms in total. The molecule has 0 spiro atoms. The van der Waals surface area contributed by atoms with E-state index in [1.54, 1.807) is 30.3 Å². The van der Waals surface area contributed by atoms with Gasteiger partial charge >= 0.3 is 0 Å². The minimum atomic E-state index is -4.51. The maximum Gasteiger partial charge on any atom is 0.265 e. The van der Waals surface area contributed by atoms with Gasteiger partial charge in [-0.15, -0.1) is 0 Å². The van der Waals surface area contributed by atoms with Gasteiger partial charge in [0.15, 0.2) is 11.5 Å². The first kappa shape index (κ1) is 37.9. The van der Waals surface area contributed by atoms with Crippen LogP contribution in [0.4, 0.5) is 5.69 Å². The van der Waals surface area contributed by atoms with E-state index in [0.717, 1.165) is 9.87 Å². The first-order valence-electron chi connectivity index (χ1n) is 15.8. The lowest BCUT2D eigenvalue weighted by Gasteiger charge is -2.34. The molecule has 50 heavy (non-hydrogen) atoms. The lowest BCUT2D eigenvalue weighted by molar-refractivity contribution is -0.140. The van der Waals surface area contributed by atoms with Crippen LogP contribution in [0.1, 0.15) is 25.0 Å². The monoisotopic (exact) mass is 723 g/mol. The summed E-state index contributed by atoms with van der Waals surface area (Å²) in [6.07, 6.45) is 0.165. The van der Waals surface area contributed by atoms with Crippen molar-refractivity contribution < 1.29 is 37.0 Å². The number of rotatable bonds is 16. The van der Waals surface area contributed by atoms with Crippen LogP contribution in [-0.2, 0) is 32.6 Å². The van der Waals surface area contributed by atoms with Crippen molar-refractivity contribution in [3.63, 3.8) is 0 Å². The number of anilines is 1. The van der Waals surface area contributed by atoms with Crippen molar-refractivity contribution in [3.8, 4) is 23.0 Å². The summed E-state index contributed by atoms with van der Waals surface area (Å²) in [5.41, 5.74) is 1.50. The van der Waals surface area contributed by atoms with Crippen LogP contribution >= 0.6 is 11.6 Å². The van der Waals surface area contributed by atoms with Crippen LogP contribution in [0.25, 0.3) is 0 Å². The molecule has 13 heteroatoms. The zero-order valence-corrected chi connectivity index (χ0v) is 30.5. The van der Waals surface area contributed by atoms with Crippen molar-refractivity contribution in [2.45, 2.75) is 43.8 Å². The zero-order chi connectivity index (χ0) is 36.4. The fourth-order valence-corrected chi connectivity index (χ4v) is 6.98. The van der Waals surface area contributed by atoms with E-state index < -0.39 is 34.4 Å². The molecule has 0 aliphatic heterocycles. The molecular formula is C37H42ClN3O8S. The average Bonchev–Trinajstić information content (AvgIpc) is 3.11. The average molecular weight is 724 g/mol. The Morgan fingerprint density at radius 1 is 0.760 bits per heavy atom. The van der Waals surface area contributed by atoms with Crippen LogP contribution in [0.3, 0.4) is 0 Å². The van der Waals surface area contributed by atoms with Crippen molar-refractivity contribution in [3.05, 3.63) is 107 Å². The summed E-state index contributed by atoms with van der Waals surface area (Å²) in [7, 11) is 1.24. The van der Waals surface area contributed by atoms with E-state index in [1.165, 1.54) is 63.7 Å². The number of halogens is 1. The minimum Gasteiger partial charge on any atom is -0.497 e. The maximum absolute atomic E-state index is 14.8. The smallest absolute Gasteiger partial charge is 0.265 e. The predicted molar refractivity (Wildman–Crippen MR) is 193 cm³/mol. The van der Waals surface area contributed by atoms with E-state index in [4.69, 9.17) is 30.5 Å². The van der Waals surface area contributed by atoms with Gasteiger partial charge in [-0.25, -0.2) is 8.42 Å². The van der Waals surface area contributed by atoms with Gasteiger partial charge in [-0.05, 0) is 67.4 Å². The highest BCUT2D eigenvalue weighted by Crippen LogP contribution is 2.37. The molecule has 0 aromatic heterocycles. The van der Waals surface area contributed by atoms with Crippen molar-refractivity contribution in [2.75, 3.05) is 39.3 Å². The molecule has 266 valence electrons. The van der Waals surface area contributed by atoms with Crippen LogP contribution in [0.2, 0.25) is 5.02 Å². The molecule has 4 aromatic rings. The number of carbonyl (C=O) groups is 2. The fourth-order valence-electron chi connectivity index (χ4n) is 5.38. The third-order valence-electron chi connectivity index (χ3n) is 7.82. The number of hydrogen-bond donors (Lipinski definition) is 1. The Bertz CT molecular complexity index is 1890. The lowest BCUT2D eigenvalue weighted by Crippen LogP contribution is -2.54. The minimum absolute atomic E-state index is 0.0238. The number of nitrogens with one attached hydrogen (secondary N) is 1. The van der Waals surface area contributed by atoms with Gasteiger partial charge in [0.2, 0.25) is 11.8 Å². The highest BCUT2D eigenvalue weighted by Gasteiger charge is 2.36. The first-order valence-corrected chi connectivity index (χ1v) is 17.6. The predicted octanol–water partition coefficient (Wildman–Crippen LogP) is 5.73. The fraction of sp³-hybridized carbons (Fsp3) is 0.297. The van der Waals surface area contributed by atoms with Crippen molar-refractivity contribution in [1.82, 2.24) is 10.2 Å². The van der Waals surface area contributed by atoms with Crippen molar-refractivity contribution in [1.29, 1.82) is 0 Å². The molecule has 2 amide bonds. The van der Waals surface area contributed by atoms with E-state index in [2.05, 4.69) is 5.32 Å². The number of nitrogens with zero attached hydrogens (tertiary/aromatic N) is 2. The van der Waals surface area contributed by atoms with Crippen LogP contribution in [0.5, 0.6) is 23.0 Å². The molecule has 0 bridgehead atoms. The Hall–Kier alpha value is -4.94. The number of benzene rings is 4. The van der Waals surface area contributed by atoms with Crippen LogP contribution in [-0.4, -0.2) is 72.2 Å². The van der Waals surface area contributed by atoms with Gasteiger partial charge in [-0.3, -0.25) is 13.9 Å². The molecule has 1 atom stereocenters. The van der Waals surface area contributed by atoms with Gasteiger partial charge in [0.05, 0.1) is 39.0 Å². The van der Waals surface area contributed by atoms with E-state index in [0.29, 0.717) is 17.1 Å².